The van der Waals surface area contributed by atoms with Gasteiger partial charge in [-0.15, -0.1) is 0 Å². The van der Waals surface area contributed by atoms with Gasteiger partial charge >= 0.3 is 0 Å². The molecular formula is C13H18ClNO3. The molecule has 0 aliphatic heterocycles. The molecule has 0 aliphatic carbocycles. The van der Waals surface area contributed by atoms with Crippen LogP contribution in [0.25, 0.3) is 0 Å². The van der Waals surface area contributed by atoms with Crippen molar-refractivity contribution >= 4 is 17.5 Å². The molecular weight excluding hydrogens is 254 g/mol. The zero-order valence-electron chi connectivity index (χ0n) is 11.0. The quantitative estimate of drug-likeness (QED) is 0.895. The molecule has 1 aromatic rings. The van der Waals surface area contributed by atoms with Crippen LogP contribution in [0, 0.1) is 0 Å². The first kappa shape index (κ1) is 14.6. The van der Waals surface area contributed by atoms with E-state index in [9.17, 15) is 4.79 Å². The van der Waals surface area contributed by atoms with Gasteiger partial charge in [0.25, 0.3) is 0 Å². The molecule has 1 N–H and O–H groups in total. The lowest BCUT2D eigenvalue weighted by atomic mass is 10.1. The second-order valence-corrected chi connectivity index (χ2v) is 4.51. The third-order valence-electron chi connectivity index (χ3n) is 2.53. The number of hydrogen-bond donors (Lipinski definition) is 1. The molecule has 0 aliphatic rings. The fourth-order valence-electron chi connectivity index (χ4n) is 1.81. The van der Waals surface area contributed by atoms with Crippen LogP contribution in [0.3, 0.4) is 0 Å². The summed E-state index contributed by atoms with van der Waals surface area (Å²) in [6, 6.07) is 3.57. The van der Waals surface area contributed by atoms with Gasteiger partial charge in [0, 0.05) is 19.0 Å². The molecule has 1 amide bonds. The Morgan fingerprint density at radius 3 is 2.44 bits per heavy atom. The SMILES string of the molecule is COc1cc(CC(C)NC(C)=O)c(OC)cc1Cl. The number of carbonyl (C=O) groups is 1. The highest BCUT2D eigenvalue weighted by atomic mass is 35.5. The lowest BCUT2D eigenvalue weighted by Gasteiger charge is -2.16. The maximum absolute atomic E-state index is 11.0. The number of rotatable bonds is 5. The Hall–Kier alpha value is -1.42. The Labute approximate surface area is 112 Å². The molecule has 0 saturated carbocycles. The van der Waals surface area contributed by atoms with E-state index in [1.807, 2.05) is 13.0 Å². The molecule has 1 rings (SSSR count). The molecule has 1 aromatic carbocycles. The van der Waals surface area contributed by atoms with Crippen LogP contribution in [0.1, 0.15) is 19.4 Å². The minimum Gasteiger partial charge on any atom is -0.496 e. The molecule has 0 saturated heterocycles. The highest BCUT2D eigenvalue weighted by molar-refractivity contribution is 6.32. The molecule has 0 heterocycles. The normalized spacial score (nSPS) is 11.8. The number of benzene rings is 1. The van der Waals surface area contributed by atoms with Gasteiger partial charge in [-0.3, -0.25) is 4.79 Å². The van der Waals surface area contributed by atoms with Gasteiger partial charge in [0.15, 0.2) is 0 Å². The summed E-state index contributed by atoms with van der Waals surface area (Å²) >= 11 is 6.03. The van der Waals surface area contributed by atoms with Crippen molar-refractivity contribution in [3.05, 3.63) is 22.7 Å². The van der Waals surface area contributed by atoms with E-state index in [-0.39, 0.29) is 11.9 Å². The first-order chi connectivity index (χ1) is 8.47. The molecule has 18 heavy (non-hydrogen) atoms. The summed E-state index contributed by atoms with van der Waals surface area (Å²) in [7, 11) is 3.15. The summed E-state index contributed by atoms with van der Waals surface area (Å²) in [6.07, 6.45) is 0.649. The van der Waals surface area contributed by atoms with Gasteiger partial charge in [-0.25, -0.2) is 0 Å². The zero-order chi connectivity index (χ0) is 13.7. The predicted molar refractivity (Wildman–Crippen MR) is 71.5 cm³/mol. The van der Waals surface area contributed by atoms with Crippen LogP contribution in [-0.2, 0) is 11.2 Å². The average Bonchev–Trinajstić information content (AvgIpc) is 2.29. The van der Waals surface area contributed by atoms with Crippen molar-refractivity contribution < 1.29 is 14.3 Å². The minimum absolute atomic E-state index is 0.0160. The zero-order valence-corrected chi connectivity index (χ0v) is 11.8. The molecule has 0 fully saturated rings. The summed E-state index contributed by atoms with van der Waals surface area (Å²) in [4.78, 5) is 11.0. The topological polar surface area (TPSA) is 47.6 Å². The van der Waals surface area contributed by atoms with E-state index in [2.05, 4.69) is 5.32 Å². The molecule has 0 radical (unpaired) electrons. The molecule has 1 atom stereocenters. The van der Waals surface area contributed by atoms with E-state index in [1.165, 1.54) is 6.92 Å². The van der Waals surface area contributed by atoms with Gasteiger partial charge in [0.2, 0.25) is 5.91 Å². The second kappa shape index (κ2) is 6.50. The first-order valence-electron chi connectivity index (χ1n) is 5.65. The van der Waals surface area contributed by atoms with E-state index in [0.29, 0.717) is 22.9 Å². The molecule has 1 unspecified atom stereocenters. The van der Waals surface area contributed by atoms with Crippen LogP contribution in [0.5, 0.6) is 11.5 Å². The van der Waals surface area contributed by atoms with Crippen LogP contribution in [0.4, 0.5) is 0 Å². The molecule has 0 aromatic heterocycles. The molecule has 0 spiro atoms. The summed E-state index contributed by atoms with van der Waals surface area (Å²) in [5, 5.41) is 3.33. The third kappa shape index (κ3) is 3.81. The van der Waals surface area contributed by atoms with Crippen molar-refractivity contribution in [1.82, 2.24) is 5.32 Å². The van der Waals surface area contributed by atoms with Crippen molar-refractivity contribution in [3.8, 4) is 11.5 Å². The number of methoxy groups -OCH3 is 2. The van der Waals surface area contributed by atoms with Crippen LogP contribution in [-0.4, -0.2) is 26.2 Å². The highest BCUT2D eigenvalue weighted by Gasteiger charge is 2.13. The van der Waals surface area contributed by atoms with Gasteiger partial charge in [0.05, 0.1) is 19.2 Å². The Morgan fingerprint density at radius 2 is 1.94 bits per heavy atom. The van der Waals surface area contributed by atoms with Crippen LogP contribution >= 0.6 is 11.6 Å². The third-order valence-corrected chi connectivity index (χ3v) is 2.83. The van der Waals surface area contributed by atoms with Crippen molar-refractivity contribution in [2.75, 3.05) is 14.2 Å². The number of amides is 1. The monoisotopic (exact) mass is 271 g/mol. The van der Waals surface area contributed by atoms with Crippen LogP contribution < -0.4 is 14.8 Å². The maximum atomic E-state index is 11.0. The lowest BCUT2D eigenvalue weighted by Crippen LogP contribution is -2.32. The van der Waals surface area contributed by atoms with Crippen molar-refractivity contribution in [3.63, 3.8) is 0 Å². The fraction of sp³-hybridized carbons (Fsp3) is 0.462. The summed E-state index contributed by atoms with van der Waals surface area (Å²) < 4.78 is 10.5. The average molecular weight is 272 g/mol. The smallest absolute Gasteiger partial charge is 0.217 e. The highest BCUT2D eigenvalue weighted by Crippen LogP contribution is 2.33. The number of hydrogen-bond acceptors (Lipinski definition) is 3. The first-order valence-corrected chi connectivity index (χ1v) is 6.03. The van der Waals surface area contributed by atoms with Crippen LogP contribution in [0.15, 0.2) is 12.1 Å². The Kier molecular flexibility index (Phi) is 5.28. The number of carbonyl (C=O) groups excluding carboxylic acids is 1. The summed E-state index contributed by atoms with van der Waals surface area (Å²) in [6.45, 7) is 3.43. The van der Waals surface area contributed by atoms with Gasteiger partial charge in [-0.05, 0) is 25.0 Å². The number of halogens is 1. The Balaban J connectivity index is 2.95. The maximum Gasteiger partial charge on any atom is 0.217 e. The molecule has 0 bridgehead atoms. The van der Waals surface area contributed by atoms with Crippen molar-refractivity contribution in [2.45, 2.75) is 26.3 Å². The van der Waals surface area contributed by atoms with Gasteiger partial charge in [-0.1, -0.05) is 11.6 Å². The van der Waals surface area contributed by atoms with E-state index < -0.39 is 0 Å². The second-order valence-electron chi connectivity index (χ2n) is 4.10. The molecule has 100 valence electrons. The summed E-state index contributed by atoms with van der Waals surface area (Å²) in [5.74, 6) is 1.24. The van der Waals surface area contributed by atoms with Gasteiger partial charge < -0.3 is 14.8 Å². The Bertz CT molecular complexity index is 434. The number of nitrogens with one attached hydrogen (secondary N) is 1. The predicted octanol–water partition coefficient (Wildman–Crippen LogP) is 2.42. The van der Waals surface area contributed by atoms with Gasteiger partial charge in [-0.2, -0.15) is 0 Å². The van der Waals surface area contributed by atoms with E-state index in [1.54, 1.807) is 20.3 Å². The minimum atomic E-state index is -0.0533. The molecule has 5 heteroatoms. The van der Waals surface area contributed by atoms with E-state index >= 15 is 0 Å². The molecule has 4 nitrogen and oxygen atoms in total. The Morgan fingerprint density at radius 1 is 1.33 bits per heavy atom. The van der Waals surface area contributed by atoms with E-state index in [0.717, 1.165) is 5.56 Å². The largest absolute Gasteiger partial charge is 0.496 e. The van der Waals surface area contributed by atoms with Crippen LogP contribution in [0.2, 0.25) is 5.02 Å². The summed E-state index contributed by atoms with van der Waals surface area (Å²) in [5.41, 5.74) is 0.944. The lowest BCUT2D eigenvalue weighted by molar-refractivity contribution is -0.119. The fourth-order valence-corrected chi connectivity index (χ4v) is 2.04. The van der Waals surface area contributed by atoms with Crippen molar-refractivity contribution in [1.29, 1.82) is 0 Å². The van der Waals surface area contributed by atoms with E-state index in [4.69, 9.17) is 21.1 Å². The van der Waals surface area contributed by atoms with Gasteiger partial charge in [0.1, 0.15) is 11.5 Å². The van der Waals surface area contributed by atoms with Crippen molar-refractivity contribution in [2.24, 2.45) is 0 Å². The number of ether oxygens (including phenoxy) is 2. The standard InChI is InChI=1S/C13H18ClNO3/c1-8(15-9(2)16)5-10-6-13(18-4)11(14)7-12(10)17-3/h6-8H,5H2,1-4H3,(H,15,16).